The van der Waals surface area contributed by atoms with Gasteiger partial charge in [0.1, 0.15) is 0 Å². The molecule has 0 aliphatic heterocycles. The molecule has 2 aliphatic rings. The normalized spacial score (nSPS) is 17.2. The molecule has 0 fully saturated rings. The summed E-state index contributed by atoms with van der Waals surface area (Å²) >= 11 is 0. The van der Waals surface area contributed by atoms with Crippen LogP contribution in [0.15, 0.2) is 146 Å². The van der Waals surface area contributed by atoms with Crippen LogP contribution in [0.25, 0.3) is 33.0 Å². The van der Waals surface area contributed by atoms with E-state index < -0.39 is 0 Å². The van der Waals surface area contributed by atoms with Crippen LogP contribution in [-0.4, -0.2) is 0 Å². The molecular formula is C37H24. The van der Waals surface area contributed by atoms with Crippen molar-refractivity contribution in [2.24, 2.45) is 0 Å². The summed E-state index contributed by atoms with van der Waals surface area (Å²) in [7, 11) is 0. The van der Waals surface area contributed by atoms with Gasteiger partial charge in [0.25, 0.3) is 0 Å². The topological polar surface area (TPSA) is 0 Å². The van der Waals surface area contributed by atoms with Crippen LogP contribution in [0.2, 0.25) is 0 Å². The Kier molecular flexibility index (Phi) is 4.24. The average Bonchev–Trinajstić information content (AvgIpc) is 3.44. The van der Waals surface area contributed by atoms with Gasteiger partial charge in [-0.1, -0.05) is 133 Å². The van der Waals surface area contributed by atoms with Crippen molar-refractivity contribution in [3.05, 3.63) is 179 Å². The third-order valence-corrected chi connectivity index (χ3v) is 8.26. The van der Waals surface area contributed by atoms with Gasteiger partial charge >= 0.3 is 0 Å². The smallest absolute Gasteiger partial charge is 0.0622 e. The monoisotopic (exact) mass is 468 g/mol. The Labute approximate surface area is 217 Å². The van der Waals surface area contributed by atoms with E-state index in [0.29, 0.717) is 0 Å². The molecule has 2 aliphatic carbocycles. The summed E-state index contributed by atoms with van der Waals surface area (Å²) in [5.74, 6) is 0. The van der Waals surface area contributed by atoms with Gasteiger partial charge in [-0.3, -0.25) is 0 Å². The molecule has 0 bridgehead atoms. The van der Waals surface area contributed by atoms with Gasteiger partial charge in [0.15, 0.2) is 0 Å². The van der Waals surface area contributed by atoms with Gasteiger partial charge < -0.3 is 0 Å². The van der Waals surface area contributed by atoms with Crippen molar-refractivity contribution >= 4 is 21.9 Å². The first-order valence-electron chi connectivity index (χ1n) is 13.0. The number of benzene rings is 6. The maximum atomic E-state index is 2.46. The summed E-state index contributed by atoms with van der Waals surface area (Å²) in [6.45, 7) is 0. The zero-order chi connectivity index (χ0) is 24.4. The summed E-state index contributed by atoms with van der Waals surface area (Å²) in [6, 6.07) is 53.7. The minimum atomic E-state index is -0.390. The summed E-state index contributed by atoms with van der Waals surface area (Å²) in [5.41, 5.74) is 13.0. The predicted octanol–water partition coefficient (Wildman–Crippen LogP) is 9.13. The van der Waals surface area contributed by atoms with Crippen LogP contribution in [0, 0.1) is 0 Å². The van der Waals surface area contributed by atoms with Gasteiger partial charge in [-0.2, -0.15) is 0 Å². The standard InChI is InChI=1S/C37H24/c1-3-13-25(14-4-1)35-30-20-10-12-22-33(30)37(36(35)26-15-5-2-6-16-26)32-21-11-9-19-29(32)31-23-27-17-7-8-18-28(27)24-34(31)37/h1-24H/t37-/m1/s1. The fraction of sp³-hybridized carbons (Fsp3) is 0.0270. The van der Waals surface area contributed by atoms with Crippen LogP contribution >= 0.6 is 0 Å². The second-order valence-corrected chi connectivity index (χ2v) is 10.1. The largest absolute Gasteiger partial charge is 0.0731 e. The van der Waals surface area contributed by atoms with Crippen LogP contribution in [0.5, 0.6) is 0 Å². The van der Waals surface area contributed by atoms with Crippen molar-refractivity contribution in [2.75, 3.05) is 0 Å². The van der Waals surface area contributed by atoms with E-state index in [4.69, 9.17) is 0 Å². The molecule has 6 aromatic carbocycles. The van der Waals surface area contributed by atoms with Crippen molar-refractivity contribution in [3.63, 3.8) is 0 Å². The molecule has 37 heavy (non-hydrogen) atoms. The maximum absolute atomic E-state index is 2.46. The van der Waals surface area contributed by atoms with Crippen molar-refractivity contribution in [3.8, 4) is 11.1 Å². The van der Waals surface area contributed by atoms with E-state index in [1.165, 1.54) is 66.4 Å². The fourth-order valence-electron chi connectivity index (χ4n) is 6.88. The van der Waals surface area contributed by atoms with E-state index in [1.54, 1.807) is 0 Å². The van der Waals surface area contributed by atoms with E-state index in [0.717, 1.165) is 0 Å². The third-order valence-electron chi connectivity index (χ3n) is 8.26. The number of rotatable bonds is 2. The minimum absolute atomic E-state index is 0.390. The van der Waals surface area contributed by atoms with E-state index in [2.05, 4.69) is 146 Å². The Morgan fingerprint density at radius 3 is 1.57 bits per heavy atom. The average molecular weight is 469 g/mol. The molecule has 0 heteroatoms. The number of hydrogen-bond acceptors (Lipinski definition) is 0. The zero-order valence-electron chi connectivity index (χ0n) is 20.4. The number of hydrogen-bond donors (Lipinski definition) is 0. The molecule has 0 amide bonds. The van der Waals surface area contributed by atoms with E-state index in [1.807, 2.05) is 0 Å². The molecule has 172 valence electrons. The zero-order valence-corrected chi connectivity index (χ0v) is 20.4. The summed E-state index contributed by atoms with van der Waals surface area (Å²) in [5, 5.41) is 2.57. The lowest BCUT2D eigenvalue weighted by atomic mass is 9.67. The Morgan fingerprint density at radius 2 is 0.865 bits per heavy atom. The SMILES string of the molecule is c1ccc(C2=C(c3ccccc3)[C@@]3(c4ccccc42)c2ccccc2-c2cc4ccccc4cc23)cc1. The van der Waals surface area contributed by atoms with Gasteiger partial charge in [0.2, 0.25) is 0 Å². The van der Waals surface area contributed by atoms with Crippen LogP contribution in [0.4, 0.5) is 0 Å². The van der Waals surface area contributed by atoms with Crippen LogP contribution < -0.4 is 0 Å². The molecule has 1 spiro atoms. The lowest BCUT2D eigenvalue weighted by Gasteiger charge is -2.33. The first-order chi connectivity index (χ1) is 18.4. The molecule has 0 unspecified atom stereocenters. The van der Waals surface area contributed by atoms with Crippen molar-refractivity contribution in [1.29, 1.82) is 0 Å². The van der Waals surface area contributed by atoms with E-state index in [9.17, 15) is 0 Å². The molecule has 0 nitrogen and oxygen atoms in total. The molecule has 6 aromatic rings. The molecule has 0 saturated heterocycles. The first kappa shape index (κ1) is 20.5. The first-order valence-corrected chi connectivity index (χ1v) is 13.0. The molecule has 8 rings (SSSR count). The maximum Gasteiger partial charge on any atom is 0.0731 e. The summed E-state index contributed by atoms with van der Waals surface area (Å²) in [6.07, 6.45) is 0. The Balaban J connectivity index is 1.62. The van der Waals surface area contributed by atoms with Crippen LogP contribution in [-0.2, 0) is 5.41 Å². The van der Waals surface area contributed by atoms with Crippen molar-refractivity contribution < 1.29 is 0 Å². The highest BCUT2D eigenvalue weighted by atomic mass is 14.5. The summed E-state index contributed by atoms with van der Waals surface area (Å²) in [4.78, 5) is 0. The molecular weight excluding hydrogens is 444 g/mol. The molecule has 1 atom stereocenters. The Morgan fingerprint density at radius 1 is 0.351 bits per heavy atom. The molecule has 0 N–H and O–H groups in total. The lowest BCUT2D eigenvalue weighted by Crippen LogP contribution is -2.26. The fourth-order valence-corrected chi connectivity index (χ4v) is 6.88. The quantitative estimate of drug-likeness (QED) is 0.238. The number of fused-ring (bicyclic) bond motifs is 8. The highest BCUT2D eigenvalue weighted by Gasteiger charge is 2.53. The molecule has 0 aromatic heterocycles. The molecule has 0 heterocycles. The van der Waals surface area contributed by atoms with Crippen molar-refractivity contribution in [1.82, 2.24) is 0 Å². The third kappa shape index (κ3) is 2.68. The van der Waals surface area contributed by atoms with E-state index in [-0.39, 0.29) is 5.41 Å². The van der Waals surface area contributed by atoms with Crippen LogP contribution in [0.1, 0.15) is 33.4 Å². The van der Waals surface area contributed by atoms with Gasteiger partial charge in [0, 0.05) is 0 Å². The second kappa shape index (κ2) is 7.66. The molecule has 0 saturated carbocycles. The second-order valence-electron chi connectivity index (χ2n) is 10.1. The van der Waals surface area contributed by atoms with Gasteiger partial charge in [-0.15, -0.1) is 0 Å². The molecule has 0 radical (unpaired) electrons. The Bertz CT molecular complexity index is 1860. The lowest BCUT2D eigenvalue weighted by molar-refractivity contribution is 0.843. The van der Waals surface area contributed by atoms with Gasteiger partial charge in [-0.05, 0) is 78.6 Å². The summed E-state index contributed by atoms with van der Waals surface area (Å²) < 4.78 is 0. The van der Waals surface area contributed by atoms with Crippen molar-refractivity contribution in [2.45, 2.75) is 5.41 Å². The van der Waals surface area contributed by atoms with E-state index >= 15 is 0 Å². The highest BCUT2D eigenvalue weighted by Crippen LogP contribution is 2.65. The Hall–Kier alpha value is -4.68. The minimum Gasteiger partial charge on any atom is -0.0622 e. The van der Waals surface area contributed by atoms with Gasteiger partial charge in [-0.25, -0.2) is 0 Å². The van der Waals surface area contributed by atoms with Gasteiger partial charge in [0.05, 0.1) is 5.41 Å². The highest BCUT2D eigenvalue weighted by molar-refractivity contribution is 6.14. The number of allylic oxidation sites excluding steroid dienone is 1. The predicted molar refractivity (Wildman–Crippen MR) is 155 cm³/mol. The van der Waals surface area contributed by atoms with Crippen LogP contribution in [0.3, 0.4) is 0 Å².